The standard InChI is InChI=1S/C11H19N2O2/c1-11(2,14)5-7-15-9-10-4-3-6-13(12)8-10/h3-4,6,8,14H,5,7,9,12H2,1-2H3/q+1. The summed E-state index contributed by atoms with van der Waals surface area (Å²) in [6.07, 6.45) is 4.20. The van der Waals surface area contributed by atoms with E-state index in [-0.39, 0.29) is 0 Å². The van der Waals surface area contributed by atoms with E-state index in [1.807, 2.05) is 18.3 Å². The first kappa shape index (κ1) is 11.9. The zero-order valence-electron chi connectivity index (χ0n) is 9.31. The van der Waals surface area contributed by atoms with Gasteiger partial charge in [0, 0.05) is 18.2 Å². The Kier molecular flexibility index (Phi) is 4.05. The highest BCUT2D eigenvalue weighted by Crippen LogP contribution is 2.07. The fourth-order valence-electron chi connectivity index (χ4n) is 1.14. The molecule has 0 radical (unpaired) electrons. The van der Waals surface area contributed by atoms with Gasteiger partial charge in [0.1, 0.15) is 0 Å². The van der Waals surface area contributed by atoms with Crippen LogP contribution in [0.3, 0.4) is 0 Å². The number of hydrogen-bond donors (Lipinski definition) is 2. The van der Waals surface area contributed by atoms with Crippen LogP contribution in [0.4, 0.5) is 0 Å². The van der Waals surface area contributed by atoms with Crippen LogP contribution in [-0.2, 0) is 11.3 Å². The van der Waals surface area contributed by atoms with E-state index in [0.29, 0.717) is 19.6 Å². The molecule has 0 saturated heterocycles. The van der Waals surface area contributed by atoms with Crippen LogP contribution in [0.2, 0.25) is 0 Å². The molecule has 0 aliphatic carbocycles. The molecule has 4 heteroatoms. The van der Waals surface area contributed by atoms with Crippen molar-refractivity contribution >= 4 is 0 Å². The molecule has 0 spiro atoms. The van der Waals surface area contributed by atoms with Crippen LogP contribution in [0.15, 0.2) is 24.5 Å². The molecule has 1 aromatic heterocycles. The lowest BCUT2D eigenvalue weighted by Gasteiger charge is -2.16. The van der Waals surface area contributed by atoms with Crippen LogP contribution in [0, 0.1) is 0 Å². The number of pyridine rings is 1. The molecule has 84 valence electrons. The van der Waals surface area contributed by atoms with Gasteiger partial charge in [-0.2, -0.15) is 0 Å². The second-order valence-corrected chi connectivity index (χ2v) is 4.27. The Labute approximate surface area is 90.3 Å². The quantitative estimate of drug-likeness (QED) is 0.420. The fraction of sp³-hybridized carbons (Fsp3) is 0.545. The van der Waals surface area contributed by atoms with E-state index in [1.165, 1.54) is 4.68 Å². The van der Waals surface area contributed by atoms with Gasteiger partial charge in [0.25, 0.3) is 0 Å². The number of nitrogen functional groups attached to an aromatic ring is 1. The highest BCUT2D eigenvalue weighted by atomic mass is 16.5. The monoisotopic (exact) mass is 211 g/mol. The summed E-state index contributed by atoms with van der Waals surface area (Å²) in [5, 5.41) is 9.45. The number of ether oxygens (including phenoxy) is 1. The van der Waals surface area contributed by atoms with Crippen molar-refractivity contribution in [3.05, 3.63) is 30.1 Å². The third kappa shape index (κ3) is 5.34. The number of rotatable bonds is 5. The second kappa shape index (κ2) is 5.09. The fourth-order valence-corrected chi connectivity index (χ4v) is 1.14. The van der Waals surface area contributed by atoms with Gasteiger partial charge < -0.3 is 9.84 Å². The van der Waals surface area contributed by atoms with Crippen LogP contribution in [0.1, 0.15) is 25.8 Å². The van der Waals surface area contributed by atoms with Crippen molar-refractivity contribution in [1.29, 1.82) is 0 Å². The Hall–Kier alpha value is -1.13. The maximum Gasteiger partial charge on any atom is 0.204 e. The largest absolute Gasteiger partial charge is 0.390 e. The van der Waals surface area contributed by atoms with Crippen LogP contribution < -0.4 is 10.5 Å². The summed E-state index contributed by atoms with van der Waals surface area (Å²) in [5.41, 5.74) is 0.362. The summed E-state index contributed by atoms with van der Waals surface area (Å²) in [6, 6.07) is 3.82. The Bertz CT molecular complexity index is 308. The first-order valence-corrected chi connectivity index (χ1v) is 5.03. The molecule has 3 N–H and O–H groups in total. The van der Waals surface area contributed by atoms with Crippen molar-refractivity contribution < 1.29 is 14.5 Å². The lowest BCUT2D eigenvalue weighted by molar-refractivity contribution is -0.639. The van der Waals surface area contributed by atoms with Gasteiger partial charge in [-0.1, -0.05) is 4.68 Å². The summed E-state index contributed by atoms with van der Waals surface area (Å²) >= 11 is 0. The van der Waals surface area contributed by atoms with Crippen LogP contribution in [-0.4, -0.2) is 17.3 Å². The molecule has 15 heavy (non-hydrogen) atoms. The van der Waals surface area contributed by atoms with E-state index in [2.05, 4.69) is 0 Å². The van der Waals surface area contributed by atoms with Gasteiger partial charge in [-0.3, -0.25) is 0 Å². The summed E-state index contributed by atoms with van der Waals surface area (Å²) in [4.78, 5) is 0. The normalized spacial score (nSPS) is 11.7. The first-order chi connectivity index (χ1) is 6.97. The van der Waals surface area contributed by atoms with E-state index in [4.69, 9.17) is 10.6 Å². The Balaban J connectivity index is 2.26. The summed E-state index contributed by atoms with van der Waals surface area (Å²) in [6.45, 7) is 4.61. The van der Waals surface area contributed by atoms with Gasteiger partial charge in [0.15, 0.2) is 6.20 Å². The Morgan fingerprint density at radius 2 is 2.27 bits per heavy atom. The van der Waals surface area contributed by atoms with E-state index < -0.39 is 5.60 Å². The van der Waals surface area contributed by atoms with E-state index in [1.54, 1.807) is 20.0 Å². The van der Waals surface area contributed by atoms with Crippen molar-refractivity contribution in [2.24, 2.45) is 0 Å². The number of aliphatic hydroxyl groups is 1. The van der Waals surface area contributed by atoms with Crippen LogP contribution in [0.25, 0.3) is 0 Å². The van der Waals surface area contributed by atoms with E-state index in [0.717, 1.165) is 5.56 Å². The third-order valence-electron chi connectivity index (χ3n) is 2.01. The van der Waals surface area contributed by atoms with Gasteiger partial charge in [0.2, 0.25) is 6.20 Å². The SMILES string of the molecule is CC(C)(O)CCOCc1ccc[n+](N)c1. The number of nitrogens with zero attached hydrogens (tertiary/aromatic N) is 1. The molecule has 4 nitrogen and oxygen atoms in total. The van der Waals surface area contributed by atoms with Crippen molar-refractivity contribution in [2.75, 3.05) is 12.4 Å². The van der Waals surface area contributed by atoms with Gasteiger partial charge >= 0.3 is 0 Å². The summed E-state index contributed by atoms with van der Waals surface area (Å²) in [7, 11) is 0. The molecule has 0 unspecified atom stereocenters. The second-order valence-electron chi connectivity index (χ2n) is 4.27. The minimum Gasteiger partial charge on any atom is -0.390 e. The van der Waals surface area contributed by atoms with E-state index >= 15 is 0 Å². The van der Waals surface area contributed by atoms with Crippen LogP contribution in [0.5, 0.6) is 0 Å². The minimum atomic E-state index is -0.662. The highest BCUT2D eigenvalue weighted by molar-refractivity contribution is 5.03. The van der Waals surface area contributed by atoms with Gasteiger partial charge in [0.05, 0.1) is 12.2 Å². The maximum absolute atomic E-state index is 9.45. The molecule has 0 aliphatic heterocycles. The van der Waals surface area contributed by atoms with Gasteiger partial charge in [-0.05, 0) is 26.3 Å². The van der Waals surface area contributed by atoms with Crippen molar-refractivity contribution in [3.8, 4) is 0 Å². The molecule has 0 bridgehead atoms. The Morgan fingerprint density at radius 3 is 2.87 bits per heavy atom. The molecule has 0 fully saturated rings. The molecular formula is C11H19N2O2+. The smallest absolute Gasteiger partial charge is 0.204 e. The lowest BCUT2D eigenvalue weighted by Crippen LogP contribution is -2.43. The molecule has 1 heterocycles. The number of hydrogen-bond acceptors (Lipinski definition) is 3. The highest BCUT2D eigenvalue weighted by Gasteiger charge is 2.11. The minimum absolute atomic E-state index is 0.522. The number of aromatic nitrogens is 1. The average Bonchev–Trinajstić information content (AvgIpc) is 2.11. The predicted molar refractivity (Wildman–Crippen MR) is 57.4 cm³/mol. The summed E-state index contributed by atoms with van der Waals surface area (Å²) < 4.78 is 6.92. The molecule has 1 rings (SSSR count). The van der Waals surface area contributed by atoms with Crippen molar-refractivity contribution in [3.63, 3.8) is 0 Å². The third-order valence-corrected chi connectivity index (χ3v) is 2.01. The molecule has 0 aromatic carbocycles. The zero-order chi connectivity index (χ0) is 11.3. The Morgan fingerprint density at radius 1 is 1.53 bits per heavy atom. The zero-order valence-corrected chi connectivity index (χ0v) is 9.31. The van der Waals surface area contributed by atoms with Crippen LogP contribution >= 0.6 is 0 Å². The first-order valence-electron chi connectivity index (χ1n) is 5.03. The molecule has 0 amide bonds. The maximum atomic E-state index is 9.45. The van der Waals surface area contributed by atoms with Gasteiger partial charge in [-0.15, -0.1) is 0 Å². The predicted octanol–water partition coefficient (Wildman–Crippen LogP) is 0.365. The van der Waals surface area contributed by atoms with Crippen molar-refractivity contribution in [1.82, 2.24) is 0 Å². The molecule has 0 atom stereocenters. The summed E-state index contributed by atoms with van der Waals surface area (Å²) in [5.74, 6) is 5.55. The topological polar surface area (TPSA) is 59.4 Å². The molecule has 1 aromatic rings. The molecular weight excluding hydrogens is 192 g/mol. The average molecular weight is 211 g/mol. The number of nitrogens with two attached hydrogens (primary N) is 1. The van der Waals surface area contributed by atoms with Crippen molar-refractivity contribution in [2.45, 2.75) is 32.5 Å². The lowest BCUT2D eigenvalue weighted by atomic mass is 10.1. The van der Waals surface area contributed by atoms with Gasteiger partial charge in [-0.25, -0.2) is 5.84 Å². The molecule has 0 aliphatic rings. The molecule has 0 saturated carbocycles. The van der Waals surface area contributed by atoms with E-state index in [9.17, 15) is 5.11 Å².